The molecule has 2 atom stereocenters. The molecule has 0 saturated carbocycles. The van der Waals surface area contributed by atoms with E-state index in [0.29, 0.717) is 0 Å². The topological polar surface area (TPSA) is 66.9 Å². The van der Waals surface area contributed by atoms with Crippen molar-refractivity contribution in [3.8, 4) is 0 Å². The van der Waals surface area contributed by atoms with Gasteiger partial charge in [0, 0.05) is 44.9 Å². The van der Waals surface area contributed by atoms with Crippen LogP contribution in [0.15, 0.2) is 35.3 Å². The second-order valence-corrected chi connectivity index (χ2v) is 7.72. The van der Waals surface area contributed by atoms with Gasteiger partial charge in [0.25, 0.3) is 0 Å². The molecule has 2 unspecified atom stereocenters. The van der Waals surface area contributed by atoms with Gasteiger partial charge in [-0.05, 0) is 39.2 Å². The smallest absolute Gasteiger partial charge is 0.191 e. The fraction of sp³-hybridized carbons (Fsp3) is 0.667. The Labute approximate surface area is 187 Å². The largest absolute Gasteiger partial charge is 0.379 e. The third-order valence-electron chi connectivity index (χ3n) is 4.68. The molecule has 1 saturated heterocycles. The fourth-order valence-corrected chi connectivity index (χ4v) is 3.16. The number of nitrogens with zero attached hydrogens (tertiary/aromatic N) is 1. The zero-order valence-electron chi connectivity index (χ0n) is 17.7. The monoisotopic (exact) mass is 504 g/mol. The molecule has 6 nitrogen and oxygen atoms in total. The van der Waals surface area contributed by atoms with Crippen LogP contribution < -0.4 is 16.0 Å². The summed E-state index contributed by atoms with van der Waals surface area (Å²) < 4.78 is 11.1. The predicted molar refractivity (Wildman–Crippen MR) is 127 cm³/mol. The van der Waals surface area contributed by atoms with Gasteiger partial charge in [0.2, 0.25) is 0 Å². The number of hydrogen-bond donors (Lipinski definition) is 3. The number of nitrogens with one attached hydrogen (secondary N) is 3. The third-order valence-corrected chi connectivity index (χ3v) is 4.68. The van der Waals surface area contributed by atoms with Gasteiger partial charge in [-0.2, -0.15) is 0 Å². The van der Waals surface area contributed by atoms with Crippen LogP contribution in [0.1, 0.15) is 45.2 Å². The van der Waals surface area contributed by atoms with E-state index in [2.05, 4.69) is 66.0 Å². The maximum atomic E-state index is 5.78. The summed E-state index contributed by atoms with van der Waals surface area (Å²) in [5.41, 5.74) is 1.22. The van der Waals surface area contributed by atoms with Crippen molar-refractivity contribution in [1.82, 2.24) is 16.0 Å². The molecule has 0 radical (unpaired) electrons. The average molecular weight is 504 g/mol. The highest BCUT2D eigenvalue weighted by Crippen LogP contribution is 2.15. The van der Waals surface area contributed by atoms with E-state index in [1.807, 2.05) is 6.07 Å². The maximum Gasteiger partial charge on any atom is 0.191 e. The standard InChI is InChI=1S/C21H36N4O2.HI/c1-17(18-9-6-5-7-10-18)25-21(2,3)16-24-20(22-4)23-12-8-13-27-19-11-14-26-15-19;/h5-7,9-10,17,19,25H,8,11-16H2,1-4H3,(H2,22,23,24);1H. The van der Waals surface area contributed by atoms with Crippen LogP contribution in [0.25, 0.3) is 0 Å². The van der Waals surface area contributed by atoms with E-state index >= 15 is 0 Å². The molecule has 1 aromatic carbocycles. The highest BCUT2D eigenvalue weighted by atomic mass is 127. The van der Waals surface area contributed by atoms with Crippen molar-refractivity contribution in [2.24, 2.45) is 4.99 Å². The molecular weight excluding hydrogens is 467 g/mol. The zero-order chi connectivity index (χ0) is 19.5. The number of rotatable bonds is 10. The molecule has 0 aliphatic carbocycles. The molecule has 0 spiro atoms. The molecule has 3 N–H and O–H groups in total. The Morgan fingerprint density at radius 2 is 2.04 bits per heavy atom. The highest BCUT2D eigenvalue weighted by molar-refractivity contribution is 14.0. The van der Waals surface area contributed by atoms with Crippen molar-refractivity contribution in [3.05, 3.63) is 35.9 Å². The van der Waals surface area contributed by atoms with E-state index in [4.69, 9.17) is 9.47 Å². The zero-order valence-corrected chi connectivity index (χ0v) is 20.0. The molecule has 1 aliphatic heterocycles. The molecule has 7 heteroatoms. The number of aliphatic imine (C=N–C) groups is 1. The van der Waals surface area contributed by atoms with Crippen LogP contribution in [-0.4, -0.2) is 57.6 Å². The van der Waals surface area contributed by atoms with Gasteiger partial charge in [-0.25, -0.2) is 0 Å². The minimum absolute atomic E-state index is 0. The lowest BCUT2D eigenvalue weighted by atomic mass is 10.0. The van der Waals surface area contributed by atoms with E-state index in [9.17, 15) is 0 Å². The van der Waals surface area contributed by atoms with Crippen LogP contribution in [-0.2, 0) is 9.47 Å². The normalized spacial score (nSPS) is 18.4. The van der Waals surface area contributed by atoms with Gasteiger partial charge < -0.3 is 25.4 Å². The number of ether oxygens (including phenoxy) is 2. The molecular formula is C21H37IN4O2. The molecule has 2 rings (SSSR count). The van der Waals surface area contributed by atoms with Gasteiger partial charge >= 0.3 is 0 Å². The molecule has 0 aromatic heterocycles. The van der Waals surface area contributed by atoms with Gasteiger partial charge in [-0.3, -0.25) is 4.99 Å². The van der Waals surface area contributed by atoms with Crippen LogP contribution in [0.5, 0.6) is 0 Å². The first-order chi connectivity index (χ1) is 13.0. The van der Waals surface area contributed by atoms with Gasteiger partial charge in [0.15, 0.2) is 5.96 Å². The Morgan fingerprint density at radius 3 is 2.68 bits per heavy atom. The van der Waals surface area contributed by atoms with Gasteiger partial charge in [0.05, 0.1) is 12.7 Å². The first-order valence-electron chi connectivity index (χ1n) is 9.97. The fourth-order valence-electron chi connectivity index (χ4n) is 3.16. The number of guanidine groups is 1. The second-order valence-electron chi connectivity index (χ2n) is 7.72. The van der Waals surface area contributed by atoms with Crippen LogP contribution in [0.2, 0.25) is 0 Å². The van der Waals surface area contributed by atoms with Crippen LogP contribution >= 0.6 is 24.0 Å². The quantitative estimate of drug-likeness (QED) is 0.198. The van der Waals surface area contributed by atoms with Crippen molar-refractivity contribution in [1.29, 1.82) is 0 Å². The Hall–Kier alpha value is -0.900. The van der Waals surface area contributed by atoms with E-state index < -0.39 is 0 Å². The Kier molecular flexibility index (Phi) is 12.0. The summed E-state index contributed by atoms with van der Waals surface area (Å²) in [5, 5.41) is 10.4. The van der Waals surface area contributed by atoms with Gasteiger partial charge in [-0.15, -0.1) is 24.0 Å². The predicted octanol–water partition coefficient (Wildman–Crippen LogP) is 3.09. The summed E-state index contributed by atoms with van der Waals surface area (Å²) in [5.74, 6) is 0.821. The molecule has 1 heterocycles. The average Bonchev–Trinajstić information content (AvgIpc) is 3.18. The lowest BCUT2D eigenvalue weighted by molar-refractivity contribution is 0.0420. The summed E-state index contributed by atoms with van der Waals surface area (Å²) in [6, 6.07) is 10.8. The van der Waals surface area contributed by atoms with Crippen molar-refractivity contribution >= 4 is 29.9 Å². The molecule has 0 amide bonds. The van der Waals surface area contributed by atoms with E-state index in [-0.39, 0.29) is 41.7 Å². The van der Waals surface area contributed by atoms with Gasteiger partial charge in [-0.1, -0.05) is 30.3 Å². The molecule has 160 valence electrons. The summed E-state index contributed by atoms with van der Waals surface area (Å²) in [7, 11) is 1.80. The molecule has 1 aromatic rings. The van der Waals surface area contributed by atoms with Crippen molar-refractivity contribution in [3.63, 3.8) is 0 Å². The molecule has 1 aliphatic rings. The Bertz CT molecular complexity index is 563. The minimum Gasteiger partial charge on any atom is -0.379 e. The Morgan fingerprint density at radius 1 is 1.29 bits per heavy atom. The summed E-state index contributed by atoms with van der Waals surface area (Å²) in [4.78, 5) is 4.31. The third kappa shape index (κ3) is 9.54. The first-order valence-corrected chi connectivity index (χ1v) is 9.97. The van der Waals surface area contributed by atoms with Crippen LogP contribution in [0.4, 0.5) is 0 Å². The van der Waals surface area contributed by atoms with Crippen molar-refractivity contribution in [2.75, 3.05) is 40.0 Å². The van der Waals surface area contributed by atoms with Crippen LogP contribution in [0, 0.1) is 0 Å². The minimum atomic E-state index is -0.0710. The second kappa shape index (κ2) is 13.3. The van der Waals surface area contributed by atoms with Crippen molar-refractivity contribution in [2.45, 2.75) is 51.3 Å². The molecule has 1 fully saturated rings. The lowest BCUT2D eigenvalue weighted by Crippen LogP contribution is -2.52. The first kappa shape index (κ1) is 25.1. The van der Waals surface area contributed by atoms with Crippen molar-refractivity contribution < 1.29 is 9.47 Å². The number of benzene rings is 1. The van der Waals surface area contributed by atoms with E-state index in [0.717, 1.165) is 51.7 Å². The molecule has 0 bridgehead atoms. The lowest BCUT2D eigenvalue weighted by Gasteiger charge is -2.31. The SMILES string of the molecule is CN=C(NCCCOC1CCOC1)NCC(C)(C)NC(C)c1ccccc1.I. The highest BCUT2D eigenvalue weighted by Gasteiger charge is 2.21. The summed E-state index contributed by atoms with van der Waals surface area (Å²) in [6.45, 7) is 10.5. The number of halogens is 1. The Balaban J connectivity index is 0.00000392. The van der Waals surface area contributed by atoms with E-state index in [1.165, 1.54) is 5.56 Å². The maximum absolute atomic E-state index is 5.78. The van der Waals surface area contributed by atoms with Gasteiger partial charge in [0.1, 0.15) is 0 Å². The molecule has 28 heavy (non-hydrogen) atoms. The van der Waals surface area contributed by atoms with Crippen LogP contribution in [0.3, 0.4) is 0 Å². The summed E-state index contributed by atoms with van der Waals surface area (Å²) >= 11 is 0. The number of hydrogen-bond acceptors (Lipinski definition) is 4. The summed E-state index contributed by atoms with van der Waals surface area (Å²) in [6.07, 6.45) is 2.24. The van der Waals surface area contributed by atoms with E-state index in [1.54, 1.807) is 7.05 Å².